The quantitative estimate of drug-likeness (QED) is 0.491. The van der Waals surface area contributed by atoms with Gasteiger partial charge in [0.25, 0.3) is 0 Å². The molecule has 0 aliphatic heterocycles. The fourth-order valence-electron chi connectivity index (χ4n) is 5.34. The van der Waals surface area contributed by atoms with E-state index in [0.717, 1.165) is 24.3 Å². The van der Waals surface area contributed by atoms with Gasteiger partial charge in [-0.25, -0.2) is 8.78 Å². The molecule has 0 bridgehead atoms. The summed E-state index contributed by atoms with van der Waals surface area (Å²) in [7, 11) is 1.27. The molecule has 29 heavy (non-hydrogen) atoms. The third-order valence-electron chi connectivity index (χ3n) is 7.01. The molecular formula is C25H27F3O. The van der Waals surface area contributed by atoms with Crippen LogP contribution in [0.2, 0.25) is 0 Å². The van der Waals surface area contributed by atoms with Crippen molar-refractivity contribution in [2.45, 2.75) is 44.4 Å². The van der Waals surface area contributed by atoms with E-state index >= 15 is 0 Å². The van der Waals surface area contributed by atoms with Crippen LogP contribution in [-0.4, -0.2) is 7.11 Å². The van der Waals surface area contributed by atoms with Crippen LogP contribution in [0.3, 0.4) is 0 Å². The summed E-state index contributed by atoms with van der Waals surface area (Å²) in [5, 5.41) is 0. The Kier molecular flexibility index (Phi) is 5.71. The van der Waals surface area contributed by atoms with Crippen LogP contribution in [0.4, 0.5) is 13.2 Å². The molecule has 0 spiro atoms. The van der Waals surface area contributed by atoms with Gasteiger partial charge in [0.2, 0.25) is 5.82 Å². The Bertz CT molecular complexity index is 907. The van der Waals surface area contributed by atoms with Crippen molar-refractivity contribution in [2.24, 2.45) is 17.8 Å². The molecule has 1 nitrogen and oxygen atoms in total. The van der Waals surface area contributed by atoms with Gasteiger partial charge in [0, 0.05) is 11.1 Å². The maximum absolute atomic E-state index is 14.9. The predicted octanol–water partition coefficient (Wildman–Crippen LogP) is 7.27. The van der Waals surface area contributed by atoms with E-state index in [0.29, 0.717) is 17.8 Å². The van der Waals surface area contributed by atoms with E-state index in [1.807, 2.05) is 6.07 Å². The molecule has 0 amide bonds. The van der Waals surface area contributed by atoms with Gasteiger partial charge in [-0.05, 0) is 86.0 Å². The number of ether oxygens (including phenoxy) is 1. The second kappa shape index (κ2) is 8.25. The number of hydrogen-bond acceptors (Lipinski definition) is 1. The SMILES string of the molecule is C=CC1CCC2CC(c3ccc(-c4ccc(OC)c(F)c4F)c(F)c3)CCC2C1. The van der Waals surface area contributed by atoms with Gasteiger partial charge in [0.1, 0.15) is 5.82 Å². The van der Waals surface area contributed by atoms with Gasteiger partial charge in [0.15, 0.2) is 11.6 Å². The van der Waals surface area contributed by atoms with E-state index in [4.69, 9.17) is 4.74 Å². The van der Waals surface area contributed by atoms with E-state index in [2.05, 4.69) is 12.7 Å². The number of methoxy groups -OCH3 is 1. The molecule has 4 rings (SSSR count). The molecule has 0 N–H and O–H groups in total. The average Bonchev–Trinajstić information content (AvgIpc) is 2.75. The number of allylic oxidation sites excluding steroid dienone is 1. The molecule has 0 saturated heterocycles. The summed E-state index contributed by atoms with van der Waals surface area (Å²) >= 11 is 0. The van der Waals surface area contributed by atoms with Gasteiger partial charge >= 0.3 is 0 Å². The van der Waals surface area contributed by atoms with Crippen LogP contribution >= 0.6 is 0 Å². The Morgan fingerprint density at radius 2 is 1.62 bits per heavy atom. The average molecular weight is 400 g/mol. The van der Waals surface area contributed by atoms with E-state index in [1.54, 1.807) is 6.07 Å². The summed E-state index contributed by atoms with van der Waals surface area (Å²) in [5.41, 5.74) is 0.955. The normalized spacial score (nSPS) is 26.6. The molecular weight excluding hydrogens is 373 g/mol. The standard InChI is InChI=1S/C25H27F3O/c1-3-15-4-5-17-13-18(7-6-16(17)12-15)19-8-9-20(22(26)14-19)21-10-11-23(29-2)25(28)24(21)27/h3,8-11,14-18H,1,4-7,12-13H2,2H3. The molecule has 4 unspecified atom stereocenters. The lowest BCUT2D eigenvalue weighted by Crippen LogP contribution is -2.30. The summed E-state index contributed by atoms with van der Waals surface area (Å²) in [6.45, 7) is 3.95. The highest BCUT2D eigenvalue weighted by Crippen LogP contribution is 2.48. The number of halogens is 3. The minimum absolute atomic E-state index is 0.0768. The molecule has 154 valence electrons. The smallest absolute Gasteiger partial charge is 0.201 e. The van der Waals surface area contributed by atoms with E-state index in [1.165, 1.54) is 51.0 Å². The largest absolute Gasteiger partial charge is 0.494 e. The molecule has 4 heteroatoms. The maximum atomic E-state index is 14.9. The van der Waals surface area contributed by atoms with Gasteiger partial charge < -0.3 is 4.74 Å². The van der Waals surface area contributed by atoms with Gasteiger partial charge in [-0.1, -0.05) is 18.2 Å². The monoisotopic (exact) mass is 400 g/mol. The first-order valence-electron chi connectivity index (χ1n) is 10.5. The zero-order valence-electron chi connectivity index (χ0n) is 16.8. The first kappa shape index (κ1) is 20.1. The number of fused-ring (bicyclic) bond motifs is 1. The summed E-state index contributed by atoms with van der Waals surface area (Å²) < 4.78 is 48.1. The molecule has 0 heterocycles. The second-order valence-electron chi connectivity index (χ2n) is 8.52. The van der Waals surface area contributed by atoms with Crippen molar-refractivity contribution in [3.63, 3.8) is 0 Å². The molecule has 2 aromatic carbocycles. The minimum Gasteiger partial charge on any atom is -0.494 e. The lowest BCUT2D eigenvalue weighted by molar-refractivity contribution is 0.133. The third-order valence-corrected chi connectivity index (χ3v) is 7.01. The number of benzene rings is 2. The van der Waals surface area contributed by atoms with Crippen LogP contribution in [0.5, 0.6) is 5.75 Å². The molecule has 0 radical (unpaired) electrons. The zero-order chi connectivity index (χ0) is 20.5. The van der Waals surface area contributed by atoms with Crippen molar-refractivity contribution in [2.75, 3.05) is 7.11 Å². The molecule has 2 aromatic rings. The molecule has 0 aromatic heterocycles. The first-order chi connectivity index (χ1) is 14.0. The first-order valence-corrected chi connectivity index (χ1v) is 10.5. The molecule has 2 aliphatic rings. The minimum atomic E-state index is -1.10. The third kappa shape index (κ3) is 3.82. The van der Waals surface area contributed by atoms with E-state index < -0.39 is 17.5 Å². The van der Waals surface area contributed by atoms with E-state index in [-0.39, 0.29) is 16.9 Å². The lowest BCUT2D eigenvalue weighted by atomic mass is 9.64. The van der Waals surface area contributed by atoms with Crippen molar-refractivity contribution in [1.29, 1.82) is 0 Å². The van der Waals surface area contributed by atoms with Crippen LogP contribution in [0.25, 0.3) is 11.1 Å². The van der Waals surface area contributed by atoms with Crippen LogP contribution in [-0.2, 0) is 0 Å². The molecule has 2 saturated carbocycles. The highest BCUT2D eigenvalue weighted by Gasteiger charge is 2.35. The predicted molar refractivity (Wildman–Crippen MR) is 109 cm³/mol. The second-order valence-corrected chi connectivity index (χ2v) is 8.52. The zero-order valence-corrected chi connectivity index (χ0v) is 16.8. The van der Waals surface area contributed by atoms with Crippen LogP contribution < -0.4 is 4.74 Å². The van der Waals surface area contributed by atoms with Crippen LogP contribution in [0, 0.1) is 35.2 Å². The van der Waals surface area contributed by atoms with E-state index in [9.17, 15) is 13.2 Å². The number of rotatable bonds is 4. The van der Waals surface area contributed by atoms with Crippen molar-refractivity contribution >= 4 is 0 Å². The maximum Gasteiger partial charge on any atom is 0.201 e. The van der Waals surface area contributed by atoms with Crippen molar-refractivity contribution in [3.8, 4) is 16.9 Å². The van der Waals surface area contributed by atoms with Crippen LogP contribution in [0.1, 0.15) is 50.0 Å². The fraction of sp³-hybridized carbons (Fsp3) is 0.440. The summed E-state index contributed by atoms with van der Waals surface area (Å²) in [4.78, 5) is 0. The Morgan fingerprint density at radius 3 is 2.34 bits per heavy atom. The highest BCUT2D eigenvalue weighted by molar-refractivity contribution is 5.66. The Balaban J connectivity index is 1.54. The Hall–Kier alpha value is -2.23. The van der Waals surface area contributed by atoms with Crippen LogP contribution in [0.15, 0.2) is 43.0 Å². The lowest BCUT2D eigenvalue weighted by Gasteiger charge is -2.41. The molecule has 4 atom stereocenters. The summed E-state index contributed by atoms with van der Waals surface area (Å²) in [6.07, 6.45) is 9.05. The van der Waals surface area contributed by atoms with Crippen molar-refractivity contribution < 1.29 is 17.9 Å². The Labute approximate surface area is 170 Å². The highest BCUT2D eigenvalue weighted by atomic mass is 19.2. The van der Waals surface area contributed by atoms with Crippen molar-refractivity contribution in [3.05, 3.63) is 66.0 Å². The summed E-state index contributed by atoms with van der Waals surface area (Å²) in [6, 6.07) is 7.65. The summed E-state index contributed by atoms with van der Waals surface area (Å²) in [5.74, 6) is -0.460. The van der Waals surface area contributed by atoms with Gasteiger partial charge in [-0.3, -0.25) is 0 Å². The Morgan fingerprint density at radius 1 is 0.897 bits per heavy atom. The topological polar surface area (TPSA) is 9.23 Å². The molecule has 2 aliphatic carbocycles. The van der Waals surface area contributed by atoms with Gasteiger partial charge in [-0.2, -0.15) is 4.39 Å². The van der Waals surface area contributed by atoms with Gasteiger partial charge in [0.05, 0.1) is 7.11 Å². The molecule has 2 fully saturated rings. The van der Waals surface area contributed by atoms with Gasteiger partial charge in [-0.15, -0.1) is 6.58 Å². The van der Waals surface area contributed by atoms with Crippen molar-refractivity contribution in [1.82, 2.24) is 0 Å². The number of hydrogen-bond donors (Lipinski definition) is 0. The fourth-order valence-corrected chi connectivity index (χ4v) is 5.34.